The van der Waals surface area contributed by atoms with Gasteiger partial charge in [0.2, 0.25) is 0 Å². The van der Waals surface area contributed by atoms with E-state index in [1.165, 1.54) is 11.6 Å². The standard InChI is InChI=1S/C18H21BrFN/c1-13(2)21-12-16(14-6-4-3-5-7-14)10-15-11-17(19)8-9-18(15)20/h3-9,11,13,16,21H,10,12H2,1-2H3. The van der Waals surface area contributed by atoms with Crippen molar-refractivity contribution in [2.45, 2.75) is 32.2 Å². The molecule has 0 radical (unpaired) electrons. The Morgan fingerprint density at radius 2 is 1.81 bits per heavy atom. The van der Waals surface area contributed by atoms with Gasteiger partial charge in [0, 0.05) is 23.0 Å². The van der Waals surface area contributed by atoms with E-state index in [1.807, 2.05) is 24.3 Å². The van der Waals surface area contributed by atoms with E-state index in [4.69, 9.17) is 0 Å². The Morgan fingerprint density at radius 1 is 1.10 bits per heavy atom. The first-order valence-electron chi connectivity index (χ1n) is 7.28. The Hall–Kier alpha value is -1.19. The highest BCUT2D eigenvalue weighted by Crippen LogP contribution is 2.24. The highest BCUT2D eigenvalue weighted by Gasteiger charge is 2.15. The third-order valence-corrected chi connectivity index (χ3v) is 4.01. The van der Waals surface area contributed by atoms with Gasteiger partial charge in [-0.3, -0.25) is 0 Å². The Labute approximate surface area is 134 Å². The molecule has 0 spiro atoms. The average Bonchev–Trinajstić information content (AvgIpc) is 2.47. The topological polar surface area (TPSA) is 12.0 Å². The third kappa shape index (κ3) is 4.94. The summed E-state index contributed by atoms with van der Waals surface area (Å²) in [4.78, 5) is 0. The fraction of sp³-hybridized carbons (Fsp3) is 0.333. The van der Waals surface area contributed by atoms with Gasteiger partial charge in [0.15, 0.2) is 0 Å². The van der Waals surface area contributed by atoms with Crippen LogP contribution in [0.3, 0.4) is 0 Å². The molecule has 1 N–H and O–H groups in total. The predicted molar refractivity (Wildman–Crippen MR) is 90.1 cm³/mol. The summed E-state index contributed by atoms with van der Waals surface area (Å²) in [5, 5.41) is 3.46. The van der Waals surface area contributed by atoms with Gasteiger partial charge < -0.3 is 5.32 Å². The first-order chi connectivity index (χ1) is 10.1. The molecule has 0 fully saturated rings. The molecule has 2 rings (SSSR count). The van der Waals surface area contributed by atoms with Gasteiger partial charge in [0.25, 0.3) is 0 Å². The summed E-state index contributed by atoms with van der Waals surface area (Å²) >= 11 is 3.42. The summed E-state index contributed by atoms with van der Waals surface area (Å²) in [5.41, 5.74) is 1.99. The van der Waals surface area contributed by atoms with Crippen molar-refractivity contribution in [3.05, 3.63) is 69.9 Å². The van der Waals surface area contributed by atoms with Crippen molar-refractivity contribution >= 4 is 15.9 Å². The summed E-state index contributed by atoms with van der Waals surface area (Å²) in [6, 6.07) is 15.9. The van der Waals surface area contributed by atoms with Crippen LogP contribution in [-0.4, -0.2) is 12.6 Å². The lowest BCUT2D eigenvalue weighted by molar-refractivity contribution is 0.517. The van der Waals surface area contributed by atoms with Crippen molar-refractivity contribution in [1.82, 2.24) is 5.32 Å². The Kier molecular flexibility index (Phi) is 5.95. The summed E-state index contributed by atoms with van der Waals surface area (Å²) < 4.78 is 14.9. The Balaban J connectivity index is 2.21. The summed E-state index contributed by atoms with van der Waals surface area (Å²) in [5.74, 6) is 0.126. The van der Waals surface area contributed by atoms with Crippen molar-refractivity contribution < 1.29 is 4.39 Å². The van der Waals surface area contributed by atoms with Crippen LogP contribution in [0.25, 0.3) is 0 Å². The van der Waals surface area contributed by atoms with Crippen LogP contribution >= 0.6 is 15.9 Å². The lowest BCUT2D eigenvalue weighted by Gasteiger charge is -2.20. The molecule has 0 aliphatic carbocycles. The van der Waals surface area contributed by atoms with Gasteiger partial charge in [0.05, 0.1) is 0 Å². The molecule has 0 bridgehead atoms. The fourth-order valence-electron chi connectivity index (χ4n) is 2.38. The number of halogens is 2. The van der Waals surface area contributed by atoms with E-state index in [1.54, 1.807) is 6.07 Å². The highest BCUT2D eigenvalue weighted by atomic mass is 79.9. The summed E-state index contributed by atoms with van der Waals surface area (Å²) in [7, 11) is 0. The maximum Gasteiger partial charge on any atom is 0.126 e. The molecule has 1 unspecified atom stereocenters. The van der Waals surface area contributed by atoms with E-state index in [0.29, 0.717) is 12.5 Å². The molecule has 3 heteroatoms. The van der Waals surface area contributed by atoms with E-state index in [0.717, 1.165) is 16.6 Å². The first-order valence-corrected chi connectivity index (χ1v) is 8.08. The summed E-state index contributed by atoms with van der Waals surface area (Å²) in [6.07, 6.45) is 0.689. The molecule has 0 aliphatic heterocycles. The molecule has 2 aromatic rings. The zero-order chi connectivity index (χ0) is 15.2. The van der Waals surface area contributed by atoms with Crippen molar-refractivity contribution in [1.29, 1.82) is 0 Å². The molecule has 0 amide bonds. The predicted octanol–water partition coefficient (Wildman–Crippen LogP) is 4.91. The minimum atomic E-state index is -0.135. The molecular formula is C18H21BrFN. The molecular weight excluding hydrogens is 329 g/mol. The second kappa shape index (κ2) is 7.71. The zero-order valence-electron chi connectivity index (χ0n) is 12.4. The number of benzene rings is 2. The molecule has 0 saturated heterocycles. The fourth-order valence-corrected chi connectivity index (χ4v) is 2.78. The van der Waals surface area contributed by atoms with Gasteiger partial charge in [-0.05, 0) is 35.7 Å². The number of hydrogen-bond donors (Lipinski definition) is 1. The highest BCUT2D eigenvalue weighted by molar-refractivity contribution is 9.10. The largest absolute Gasteiger partial charge is 0.314 e. The Morgan fingerprint density at radius 3 is 2.48 bits per heavy atom. The van der Waals surface area contributed by atoms with Crippen LogP contribution in [0.2, 0.25) is 0 Å². The van der Waals surface area contributed by atoms with E-state index in [2.05, 4.69) is 47.2 Å². The second-order valence-corrected chi connectivity index (χ2v) is 6.53. The lowest BCUT2D eigenvalue weighted by Crippen LogP contribution is -2.29. The molecule has 0 aliphatic rings. The maximum absolute atomic E-state index is 14.0. The van der Waals surface area contributed by atoms with Crippen LogP contribution in [0.4, 0.5) is 4.39 Å². The number of hydrogen-bond acceptors (Lipinski definition) is 1. The molecule has 0 aromatic heterocycles. The monoisotopic (exact) mass is 349 g/mol. The van der Waals surface area contributed by atoms with E-state index in [-0.39, 0.29) is 11.7 Å². The van der Waals surface area contributed by atoms with Crippen LogP contribution in [0.15, 0.2) is 53.0 Å². The third-order valence-electron chi connectivity index (χ3n) is 3.52. The van der Waals surface area contributed by atoms with Crippen LogP contribution < -0.4 is 5.32 Å². The first kappa shape index (κ1) is 16.2. The Bertz CT molecular complexity index is 569. The van der Waals surface area contributed by atoms with Gasteiger partial charge in [-0.1, -0.05) is 60.1 Å². The SMILES string of the molecule is CC(C)NCC(Cc1cc(Br)ccc1F)c1ccccc1. The van der Waals surface area contributed by atoms with E-state index < -0.39 is 0 Å². The average molecular weight is 350 g/mol. The van der Waals surface area contributed by atoms with Crippen molar-refractivity contribution in [3.63, 3.8) is 0 Å². The summed E-state index contributed by atoms with van der Waals surface area (Å²) in [6.45, 7) is 5.09. The molecule has 21 heavy (non-hydrogen) atoms. The number of nitrogens with one attached hydrogen (secondary N) is 1. The second-order valence-electron chi connectivity index (χ2n) is 5.61. The number of rotatable bonds is 6. The molecule has 0 saturated carbocycles. The van der Waals surface area contributed by atoms with Crippen molar-refractivity contribution in [2.75, 3.05) is 6.54 Å². The lowest BCUT2D eigenvalue weighted by atomic mass is 9.91. The molecule has 112 valence electrons. The van der Waals surface area contributed by atoms with Gasteiger partial charge in [-0.2, -0.15) is 0 Å². The van der Waals surface area contributed by atoms with Crippen molar-refractivity contribution in [2.24, 2.45) is 0 Å². The molecule has 2 aromatic carbocycles. The smallest absolute Gasteiger partial charge is 0.126 e. The van der Waals surface area contributed by atoms with Gasteiger partial charge >= 0.3 is 0 Å². The minimum absolute atomic E-state index is 0.135. The zero-order valence-corrected chi connectivity index (χ0v) is 14.0. The van der Waals surface area contributed by atoms with Crippen LogP contribution in [-0.2, 0) is 6.42 Å². The van der Waals surface area contributed by atoms with Gasteiger partial charge in [0.1, 0.15) is 5.82 Å². The van der Waals surface area contributed by atoms with Crippen LogP contribution in [0.1, 0.15) is 30.9 Å². The minimum Gasteiger partial charge on any atom is -0.314 e. The normalized spacial score (nSPS) is 12.6. The molecule has 1 nitrogen and oxygen atoms in total. The quantitative estimate of drug-likeness (QED) is 0.780. The maximum atomic E-state index is 14.0. The molecule has 0 heterocycles. The molecule has 1 atom stereocenters. The van der Waals surface area contributed by atoms with Gasteiger partial charge in [-0.15, -0.1) is 0 Å². The van der Waals surface area contributed by atoms with E-state index >= 15 is 0 Å². The van der Waals surface area contributed by atoms with Crippen molar-refractivity contribution in [3.8, 4) is 0 Å². The van der Waals surface area contributed by atoms with Crippen LogP contribution in [0.5, 0.6) is 0 Å². The van der Waals surface area contributed by atoms with Gasteiger partial charge in [-0.25, -0.2) is 4.39 Å². The van der Waals surface area contributed by atoms with E-state index in [9.17, 15) is 4.39 Å². The van der Waals surface area contributed by atoms with Crippen LogP contribution in [0, 0.1) is 5.82 Å².